The number of amides is 1. The summed E-state index contributed by atoms with van der Waals surface area (Å²) in [4.78, 5) is 30.1. The molecule has 0 fully saturated rings. The molecule has 0 spiro atoms. The molecule has 0 saturated carbocycles. The summed E-state index contributed by atoms with van der Waals surface area (Å²) in [6, 6.07) is 5.75. The molecule has 4 rings (SSSR count). The summed E-state index contributed by atoms with van der Waals surface area (Å²) >= 11 is 1.44. The van der Waals surface area contributed by atoms with E-state index in [1.807, 2.05) is 0 Å². The third-order valence-electron chi connectivity index (χ3n) is 4.95. The molecule has 0 atom stereocenters. The highest BCUT2D eigenvalue weighted by Gasteiger charge is 2.27. The van der Waals surface area contributed by atoms with E-state index in [9.17, 15) is 14.0 Å². The highest BCUT2D eigenvalue weighted by Crippen LogP contribution is 2.38. The monoisotopic (exact) mass is 429 g/mol. The molecule has 1 aromatic carbocycles. The molecule has 1 aliphatic carbocycles. The summed E-state index contributed by atoms with van der Waals surface area (Å²) in [5.74, 6) is -0.376. The number of aryl methyl sites for hydroxylation is 2. The number of nitrogens with one attached hydrogen (secondary N) is 1. The number of carbonyl (C=O) groups excluding carboxylic acids is 2. The van der Waals surface area contributed by atoms with Crippen LogP contribution in [-0.2, 0) is 28.8 Å². The lowest BCUT2D eigenvalue weighted by Gasteiger charge is -2.11. The molecule has 0 unspecified atom stereocenters. The third kappa shape index (κ3) is 4.25. The minimum absolute atomic E-state index is 0.119. The Morgan fingerprint density at radius 2 is 2.00 bits per heavy atom. The van der Waals surface area contributed by atoms with Gasteiger partial charge >= 0.3 is 5.97 Å². The van der Waals surface area contributed by atoms with Gasteiger partial charge in [-0.05, 0) is 55.5 Å². The summed E-state index contributed by atoms with van der Waals surface area (Å²) < 4.78 is 23.1. The van der Waals surface area contributed by atoms with Crippen molar-refractivity contribution in [2.24, 2.45) is 0 Å². The van der Waals surface area contributed by atoms with Gasteiger partial charge in [0.2, 0.25) is 17.6 Å². The van der Waals surface area contributed by atoms with Crippen LogP contribution in [-0.4, -0.2) is 29.1 Å². The van der Waals surface area contributed by atoms with Gasteiger partial charge in [0, 0.05) is 23.3 Å². The van der Waals surface area contributed by atoms with Crippen molar-refractivity contribution >= 4 is 28.2 Å². The molecule has 0 aliphatic heterocycles. The van der Waals surface area contributed by atoms with Crippen molar-refractivity contribution in [2.45, 2.75) is 38.5 Å². The second-order valence-corrected chi connectivity index (χ2v) is 8.08. The molecule has 0 saturated heterocycles. The highest BCUT2D eigenvalue weighted by molar-refractivity contribution is 7.17. The van der Waals surface area contributed by atoms with Gasteiger partial charge in [-0.2, -0.15) is 4.98 Å². The van der Waals surface area contributed by atoms with Gasteiger partial charge in [0.15, 0.2) is 0 Å². The lowest BCUT2D eigenvalue weighted by Crippen LogP contribution is -2.15. The first kappa shape index (κ1) is 20.2. The quantitative estimate of drug-likeness (QED) is 0.591. The van der Waals surface area contributed by atoms with Crippen LogP contribution in [0.1, 0.15) is 46.0 Å². The largest absolute Gasteiger partial charge is 0.465 e. The standard InChI is InChI=1S/C21H20FN3O4S/c1-28-21(27)18-14-4-2-3-5-15(14)30-20(18)23-16(26)10-11-17-24-19(25-29-17)12-6-8-13(22)9-7-12/h6-9H,2-5,10-11H2,1H3,(H,23,26). The van der Waals surface area contributed by atoms with Gasteiger partial charge < -0.3 is 14.6 Å². The van der Waals surface area contributed by atoms with E-state index in [4.69, 9.17) is 9.26 Å². The topological polar surface area (TPSA) is 94.3 Å². The lowest BCUT2D eigenvalue weighted by atomic mass is 9.95. The van der Waals surface area contributed by atoms with Crippen LogP contribution in [0, 0.1) is 5.82 Å². The van der Waals surface area contributed by atoms with Crippen molar-refractivity contribution in [2.75, 3.05) is 12.4 Å². The number of hydrogen-bond acceptors (Lipinski definition) is 7. The van der Waals surface area contributed by atoms with E-state index in [0.29, 0.717) is 27.8 Å². The molecular weight excluding hydrogens is 409 g/mol. The molecule has 9 heteroatoms. The first-order chi connectivity index (χ1) is 14.5. The Bertz CT molecular complexity index is 1070. The molecule has 0 bridgehead atoms. The van der Waals surface area contributed by atoms with E-state index in [2.05, 4.69) is 15.5 Å². The van der Waals surface area contributed by atoms with Gasteiger partial charge in [0.25, 0.3) is 0 Å². The molecule has 2 aromatic heterocycles. The van der Waals surface area contributed by atoms with Gasteiger partial charge in [-0.15, -0.1) is 11.3 Å². The van der Waals surface area contributed by atoms with E-state index in [1.54, 1.807) is 12.1 Å². The SMILES string of the molecule is COC(=O)c1c(NC(=O)CCc2nc(-c3ccc(F)cc3)no2)sc2c1CCCC2. The van der Waals surface area contributed by atoms with Gasteiger partial charge in [0.05, 0.1) is 12.7 Å². The zero-order valence-electron chi connectivity index (χ0n) is 16.4. The maximum absolute atomic E-state index is 13.0. The van der Waals surface area contributed by atoms with Crippen LogP contribution < -0.4 is 5.32 Å². The van der Waals surface area contributed by atoms with Crippen LogP contribution in [0.15, 0.2) is 28.8 Å². The molecule has 7 nitrogen and oxygen atoms in total. The highest BCUT2D eigenvalue weighted by atomic mass is 32.1. The van der Waals surface area contributed by atoms with Crippen molar-refractivity contribution in [1.29, 1.82) is 0 Å². The zero-order valence-corrected chi connectivity index (χ0v) is 17.2. The number of nitrogens with zero attached hydrogens (tertiary/aromatic N) is 2. The van der Waals surface area contributed by atoms with Crippen molar-refractivity contribution < 1.29 is 23.2 Å². The van der Waals surface area contributed by atoms with E-state index >= 15 is 0 Å². The van der Waals surface area contributed by atoms with Crippen LogP contribution in [0.25, 0.3) is 11.4 Å². The predicted molar refractivity (Wildman–Crippen MR) is 109 cm³/mol. The zero-order chi connectivity index (χ0) is 21.1. The average Bonchev–Trinajstić information content (AvgIpc) is 3.36. The van der Waals surface area contributed by atoms with E-state index in [0.717, 1.165) is 36.1 Å². The third-order valence-corrected chi connectivity index (χ3v) is 6.16. The number of rotatable bonds is 6. The fourth-order valence-corrected chi connectivity index (χ4v) is 4.75. The molecule has 0 radical (unpaired) electrons. The summed E-state index contributed by atoms with van der Waals surface area (Å²) in [5, 5.41) is 7.25. The number of esters is 1. The van der Waals surface area contributed by atoms with Gasteiger partial charge in [-0.3, -0.25) is 4.79 Å². The number of halogens is 1. The Balaban J connectivity index is 1.42. The Kier molecular flexibility index (Phi) is 5.89. The molecule has 1 amide bonds. The maximum Gasteiger partial charge on any atom is 0.341 e. The summed E-state index contributed by atoms with van der Waals surface area (Å²) in [6.45, 7) is 0. The Morgan fingerprint density at radius 3 is 2.77 bits per heavy atom. The lowest BCUT2D eigenvalue weighted by molar-refractivity contribution is -0.116. The van der Waals surface area contributed by atoms with Crippen molar-refractivity contribution in [3.63, 3.8) is 0 Å². The van der Waals surface area contributed by atoms with Crippen LogP contribution in [0.3, 0.4) is 0 Å². The second-order valence-electron chi connectivity index (χ2n) is 6.97. The van der Waals surface area contributed by atoms with Crippen LogP contribution in [0.2, 0.25) is 0 Å². The normalized spacial score (nSPS) is 13.0. The molecule has 3 aromatic rings. The predicted octanol–water partition coefficient (Wildman–Crippen LogP) is 4.17. The van der Waals surface area contributed by atoms with Crippen molar-refractivity contribution in [3.8, 4) is 11.4 Å². The number of hydrogen-bond donors (Lipinski definition) is 1. The fraction of sp³-hybridized carbons (Fsp3) is 0.333. The van der Waals surface area contributed by atoms with Crippen molar-refractivity contribution in [1.82, 2.24) is 10.1 Å². The average molecular weight is 429 g/mol. The number of carbonyl (C=O) groups is 2. The van der Waals surface area contributed by atoms with Crippen LogP contribution in [0.4, 0.5) is 9.39 Å². The molecule has 2 heterocycles. The summed E-state index contributed by atoms with van der Waals surface area (Å²) in [6.07, 6.45) is 4.20. The number of anilines is 1. The maximum atomic E-state index is 13.0. The van der Waals surface area contributed by atoms with E-state index in [1.165, 1.54) is 30.6 Å². The summed E-state index contributed by atoms with van der Waals surface area (Å²) in [7, 11) is 1.34. The Hall–Kier alpha value is -3.07. The molecule has 156 valence electrons. The summed E-state index contributed by atoms with van der Waals surface area (Å²) in [5.41, 5.74) is 2.10. The second kappa shape index (κ2) is 8.74. The molecular formula is C21H20FN3O4S. The van der Waals surface area contributed by atoms with E-state index < -0.39 is 5.97 Å². The first-order valence-corrected chi connectivity index (χ1v) is 10.5. The van der Waals surface area contributed by atoms with Gasteiger partial charge in [-0.1, -0.05) is 5.16 Å². The van der Waals surface area contributed by atoms with Crippen LogP contribution >= 0.6 is 11.3 Å². The number of methoxy groups -OCH3 is 1. The van der Waals surface area contributed by atoms with Crippen LogP contribution in [0.5, 0.6) is 0 Å². The molecule has 1 N–H and O–H groups in total. The molecule has 1 aliphatic rings. The van der Waals surface area contributed by atoms with Gasteiger partial charge in [0.1, 0.15) is 10.8 Å². The van der Waals surface area contributed by atoms with Gasteiger partial charge in [-0.25, -0.2) is 9.18 Å². The first-order valence-electron chi connectivity index (χ1n) is 9.66. The fourth-order valence-electron chi connectivity index (χ4n) is 3.45. The number of ether oxygens (including phenoxy) is 1. The smallest absolute Gasteiger partial charge is 0.341 e. The minimum atomic E-state index is -0.425. The number of benzene rings is 1. The van der Waals surface area contributed by atoms with E-state index in [-0.39, 0.29) is 24.6 Å². The molecule has 30 heavy (non-hydrogen) atoms. The Labute approximate surface area is 176 Å². The van der Waals surface area contributed by atoms with Crippen molar-refractivity contribution in [3.05, 3.63) is 52.0 Å². The number of aromatic nitrogens is 2. The number of fused-ring (bicyclic) bond motifs is 1. The Morgan fingerprint density at radius 1 is 1.23 bits per heavy atom. The minimum Gasteiger partial charge on any atom is -0.465 e. The number of thiophene rings is 1.